The van der Waals surface area contributed by atoms with Crippen LogP contribution >= 0.6 is 50.5 Å². The minimum Gasteiger partial charge on any atom is -0.711 e. The number of methoxy groups -OCH3 is 2. The van der Waals surface area contributed by atoms with Gasteiger partial charge in [-0.2, -0.15) is 5.10 Å². The maximum Gasteiger partial charge on any atom is 0.339 e. The highest BCUT2D eigenvalue weighted by molar-refractivity contribution is 8.24. The average Bonchev–Trinajstić information content (AvgIpc) is 3.75. The highest BCUT2D eigenvalue weighted by atomic mass is 36.0. The Balaban J connectivity index is 0.000000226. The summed E-state index contributed by atoms with van der Waals surface area (Å²) in [6, 6.07) is 20.8. The largest absolute Gasteiger partial charge is 0.711 e. The molecule has 0 fully saturated rings. The summed E-state index contributed by atoms with van der Waals surface area (Å²) in [5.74, 6) is 1.54. The number of hydrogen-bond acceptors (Lipinski definition) is 11. The average molecular weight is 919 g/mol. The predicted molar refractivity (Wildman–Crippen MR) is 223 cm³/mol. The Morgan fingerprint density at radius 2 is 1.16 bits per heavy atom. The SMILES string of the molecule is CCS(=O)(=O)c1ccc(Cl)nc1-n1ncc(-c2ccc(OC)cc2)c1C.CCS(=O)(=O)c1ccc[n+]([O-])c1-n1ncc(-c2ccc(OC)cc2)c1C.O=P(Cl)(Cl)Cl. The summed E-state index contributed by atoms with van der Waals surface area (Å²) in [5, 5.41) is 18.0. The molecule has 0 unspecified atom stereocenters. The van der Waals surface area contributed by atoms with Gasteiger partial charge in [0.25, 0.3) is 0 Å². The van der Waals surface area contributed by atoms with Gasteiger partial charge < -0.3 is 14.7 Å². The van der Waals surface area contributed by atoms with Crippen molar-refractivity contribution in [2.24, 2.45) is 0 Å². The highest BCUT2D eigenvalue weighted by Crippen LogP contribution is 2.61. The minimum atomic E-state index is -3.58. The summed E-state index contributed by atoms with van der Waals surface area (Å²) < 4.78 is 72.9. The number of nitrogens with zero attached hydrogens (tertiary/aromatic N) is 6. The van der Waals surface area contributed by atoms with Gasteiger partial charge in [-0.3, -0.25) is 4.57 Å². The van der Waals surface area contributed by atoms with Gasteiger partial charge >= 0.3 is 11.0 Å². The zero-order valence-electron chi connectivity index (χ0n) is 31.3. The zero-order chi connectivity index (χ0) is 42.3. The monoisotopic (exact) mass is 916 g/mol. The van der Waals surface area contributed by atoms with Gasteiger partial charge in [-0.1, -0.05) is 59.5 Å². The van der Waals surface area contributed by atoms with E-state index in [9.17, 15) is 26.6 Å². The van der Waals surface area contributed by atoms with E-state index >= 15 is 0 Å². The summed E-state index contributed by atoms with van der Waals surface area (Å²) >= 11 is 19.9. The molecule has 6 aromatic rings. The molecule has 2 aromatic carbocycles. The van der Waals surface area contributed by atoms with E-state index in [-0.39, 0.29) is 38.1 Å². The van der Waals surface area contributed by atoms with Crippen LogP contribution in [0.3, 0.4) is 0 Å². The number of halogens is 4. The van der Waals surface area contributed by atoms with Gasteiger partial charge in [0.1, 0.15) is 27.2 Å². The first kappa shape index (κ1) is 45.6. The molecule has 4 heterocycles. The fourth-order valence-electron chi connectivity index (χ4n) is 5.38. The van der Waals surface area contributed by atoms with Gasteiger partial charge in [0.15, 0.2) is 30.4 Å². The Kier molecular flexibility index (Phi) is 15.2. The molecular formula is C36H37Cl4N6O8PS2. The Bertz CT molecular complexity index is 2610. The molecular weight excluding hydrogens is 881 g/mol. The summed E-state index contributed by atoms with van der Waals surface area (Å²) in [6.07, 6.45) is 4.56. The standard InChI is InChI=1S/C18H18ClN3O3S.C18H19N3O4S.Cl3OP/c1-4-26(23,24)16-9-10-17(19)21-18(16)22-12(2)15(11-20-22)13-5-7-14(25-3)8-6-13;1-4-26(23,24)17-6-5-11-20(22)18(17)21-13(2)16(12-19-21)14-7-9-15(25-3)10-8-14;1-5(2,3)4/h5-11H,4H2,1-3H3;5-12H,4H2,1-3H3;. The van der Waals surface area contributed by atoms with Gasteiger partial charge in [0, 0.05) is 18.1 Å². The maximum atomic E-state index is 12.4. The first-order valence-corrected chi connectivity index (χ1v) is 24.8. The second-order valence-corrected chi connectivity index (χ2v) is 23.3. The van der Waals surface area contributed by atoms with E-state index in [0.29, 0.717) is 10.4 Å². The van der Waals surface area contributed by atoms with Crippen LogP contribution in [0.1, 0.15) is 25.2 Å². The van der Waals surface area contributed by atoms with Crippen LogP contribution in [0.25, 0.3) is 33.9 Å². The zero-order valence-corrected chi connectivity index (χ0v) is 36.9. The number of pyridine rings is 2. The number of ether oxygens (including phenoxy) is 2. The van der Waals surface area contributed by atoms with E-state index in [0.717, 1.165) is 39.4 Å². The molecule has 0 saturated heterocycles. The molecule has 0 aliphatic carbocycles. The summed E-state index contributed by atoms with van der Waals surface area (Å²) in [4.78, 5) is 4.29. The molecule has 0 aliphatic rings. The number of benzene rings is 2. The van der Waals surface area contributed by atoms with Crippen molar-refractivity contribution in [1.82, 2.24) is 24.5 Å². The van der Waals surface area contributed by atoms with Crippen LogP contribution in [-0.4, -0.2) is 67.1 Å². The summed E-state index contributed by atoms with van der Waals surface area (Å²) in [7, 11) is -3.85. The van der Waals surface area contributed by atoms with E-state index in [1.54, 1.807) is 47.4 Å². The lowest BCUT2D eigenvalue weighted by Gasteiger charge is -2.11. The quantitative estimate of drug-likeness (QED) is 0.0555. The van der Waals surface area contributed by atoms with E-state index < -0.39 is 24.9 Å². The van der Waals surface area contributed by atoms with Crippen molar-refractivity contribution in [3.63, 3.8) is 0 Å². The molecule has 0 aliphatic heterocycles. The van der Waals surface area contributed by atoms with Crippen molar-refractivity contribution in [1.29, 1.82) is 0 Å². The predicted octanol–water partition coefficient (Wildman–Crippen LogP) is 8.79. The molecule has 4 aromatic heterocycles. The van der Waals surface area contributed by atoms with Gasteiger partial charge in [0.05, 0.1) is 50.0 Å². The molecule has 0 amide bonds. The second kappa shape index (κ2) is 19.1. The van der Waals surface area contributed by atoms with Gasteiger partial charge in [-0.25, -0.2) is 31.2 Å². The molecule has 0 radical (unpaired) electrons. The van der Waals surface area contributed by atoms with Crippen LogP contribution in [0.5, 0.6) is 11.5 Å². The van der Waals surface area contributed by atoms with Crippen molar-refractivity contribution in [2.75, 3.05) is 25.7 Å². The van der Waals surface area contributed by atoms with Crippen LogP contribution in [0.4, 0.5) is 0 Å². The van der Waals surface area contributed by atoms with Gasteiger partial charge in [-0.15, -0.1) is 0 Å². The van der Waals surface area contributed by atoms with E-state index in [1.165, 1.54) is 39.8 Å². The third kappa shape index (κ3) is 11.3. The fourth-order valence-corrected chi connectivity index (χ4v) is 7.57. The highest BCUT2D eigenvalue weighted by Gasteiger charge is 2.28. The third-order valence-corrected chi connectivity index (χ3v) is 12.1. The lowest BCUT2D eigenvalue weighted by Crippen LogP contribution is -2.35. The van der Waals surface area contributed by atoms with Crippen LogP contribution in [0, 0.1) is 19.1 Å². The molecule has 0 atom stereocenters. The second-order valence-electron chi connectivity index (χ2n) is 11.8. The summed E-state index contributed by atoms with van der Waals surface area (Å²) in [5.41, 5.74) is 4.93. The van der Waals surface area contributed by atoms with E-state index in [2.05, 4.69) is 48.9 Å². The summed E-state index contributed by atoms with van der Waals surface area (Å²) in [6.45, 7) is 6.78. The number of rotatable bonds is 10. The third-order valence-electron chi connectivity index (χ3n) is 8.36. The molecule has 304 valence electrons. The van der Waals surface area contributed by atoms with Crippen molar-refractivity contribution in [3.8, 4) is 45.4 Å². The first-order chi connectivity index (χ1) is 26.8. The van der Waals surface area contributed by atoms with E-state index in [1.807, 2.05) is 55.5 Å². The Morgan fingerprint density at radius 3 is 1.61 bits per heavy atom. The fraction of sp³-hybridized carbons (Fsp3) is 0.222. The topological polar surface area (TPSA) is 179 Å². The van der Waals surface area contributed by atoms with E-state index in [4.69, 9.17) is 21.1 Å². The van der Waals surface area contributed by atoms with Crippen LogP contribution in [-0.2, 0) is 24.2 Å². The molecule has 14 nitrogen and oxygen atoms in total. The molecule has 0 bridgehead atoms. The van der Waals surface area contributed by atoms with Crippen LogP contribution in [0.15, 0.2) is 101 Å². The number of sulfone groups is 2. The molecule has 0 spiro atoms. The van der Waals surface area contributed by atoms with Gasteiger partial charge in [0.2, 0.25) is 0 Å². The molecule has 0 N–H and O–H groups in total. The molecule has 6 rings (SSSR count). The Morgan fingerprint density at radius 1 is 0.719 bits per heavy atom. The Hall–Kier alpha value is -4.15. The van der Waals surface area contributed by atoms with Crippen molar-refractivity contribution in [3.05, 3.63) is 113 Å². The minimum absolute atomic E-state index is 0.0217. The molecule has 57 heavy (non-hydrogen) atoms. The normalized spacial score (nSPS) is 11.5. The van der Waals surface area contributed by atoms with Crippen LogP contribution in [0.2, 0.25) is 5.15 Å². The number of aromatic nitrogens is 6. The molecule has 0 saturated carbocycles. The van der Waals surface area contributed by atoms with Crippen molar-refractivity contribution < 1.29 is 35.6 Å². The molecule has 21 heteroatoms. The van der Waals surface area contributed by atoms with Gasteiger partial charge in [-0.05, 0) is 100 Å². The van der Waals surface area contributed by atoms with Crippen molar-refractivity contribution in [2.45, 2.75) is 37.5 Å². The smallest absolute Gasteiger partial charge is 0.339 e. The first-order valence-electron chi connectivity index (χ1n) is 16.7. The van der Waals surface area contributed by atoms with Crippen LogP contribution < -0.4 is 14.2 Å². The lowest BCUT2D eigenvalue weighted by molar-refractivity contribution is -0.602. The lowest BCUT2D eigenvalue weighted by atomic mass is 10.1. The number of hydrogen-bond donors (Lipinski definition) is 0. The Labute approximate surface area is 350 Å². The maximum absolute atomic E-state index is 12.4. The van der Waals surface area contributed by atoms with Crippen molar-refractivity contribution >= 4 is 70.2 Å².